The third kappa shape index (κ3) is 4.27. The van der Waals surface area contributed by atoms with E-state index in [0.29, 0.717) is 18.6 Å². The first kappa shape index (κ1) is 23.5. The van der Waals surface area contributed by atoms with Crippen LogP contribution < -0.4 is 15.6 Å². The number of aliphatic hydroxyl groups excluding tert-OH is 2. The monoisotopic (exact) mass is 474 g/mol. The minimum Gasteiger partial charge on any atom is -0.389 e. The van der Waals surface area contributed by atoms with Gasteiger partial charge < -0.3 is 20.4 Å². The number of hydrogen-bond acceptors (Lipinski definition) is 6. The Hall–Kier alpha value is -3.70. The van der Waals surface area contributed by atoms with E-state index in [2.05, 4.69) is 16.9 Å². The third-order valence-electron chi connectivity index (χ3n) is 5.52. The number of nitrogens with zero attached hydrogens (tertiary/aromatic N) is 3. The molecule has 0 bridgehead atoms. The van der Waals surface area contributed by atoms with Crippen molar-refractivity contribution in [3.05, 3.63) is 76.4 Å². The molecule has 11 heteroatoms. The van der Waals surface area contributed by atoms with E-state index in [1.165, 1.54) is 17.0 Å². The van der Waals surface area contributed by atoms with E-state index >= 15 is 0 Å². The number of carbonyl (C=O) groups is 1. The Kier molecular flexibility index (Phi) is 6.40. The van der Waals surface area contributed by atoms with Crippen LogP contribution in [-0.4, -0.2) is 57.5 Å². The molecule has 0 aliphatic carbocycles. The highest BCUT2D eigenvalue weighted by atomic mass is 19.1. The molecule has 3 N–H and O–H groups in total. The zero-order chi connectivity index (χ0) is 24.6. The highest BCUT2D eigenvalue weighted by Crippen LogP contribution is 2.26. The summed E-state index contributed by atoms with van der Waals surface area (Å²) in [7, 11) is 0. The van der Waals surface area contributed by atoms with E-state index in [4.69, 9.17) is 0 Å². The largest absolute Gasteiger partial charge is 0.389 e. The standard InChI is InChI=1S/C23H21F3N4O4/c1-2-3-6-27-23(34)14-9-30(20-15(25)7-12(24)8-16(20)26)22-13(21(14)33)4-5-19(28-22)29-10-17(31)18(32)11-29/h2,4-5,7-9,17-18,31-32H,1,3,6,10-11H2,(H,27,34)/t17-,18-/m1/s1. The number of hydrogen-bond donors (Lipinski definition) is 3. The SMILES string of the molecule is C=CCCNC(=O)c1cn(-c2c(F)cc(F)cc2F)c2nc(N3C[C@@H](O)[C@H](O)C3)ccc2c1=O. The summed E-state index contributed by atoms with van der Waals surface area (Å²) in [6.45, 7) is 3.83. The van der Waals surface area contributed by atoms with Crippen LogP contribution in [0.4, 0.5) is 19.0 Å². The Bertz CT molecular complexity index is 1310. The van der Waals surface area contributed by atoms with Gasteiger partial charge in [0, 0.05) is 38.0 Å². The number of fused-ring (bicyclic) bond motifs is 1. The summed E-state index contributed by atoms with van der Waals surface area (Å²) < 4.78 is 43.9. The molecule has 1 saturated heterocycles. The number of carbonyl (C=O) groups excluding carboxylic acids is 1. The van der Waals surface area contributed by atoms with Crippen molar-refractivity contribution in [1.82, 2.24) is 14.9 Å². The van der Waals surface area contributed by atoms with Crippen molar-refractivity contribution < 1.29 is 28.2 Å². The highest BCUT2D eigenvalue weighted by Gasteiger charge is 2.31. The Morgan fingerprint density at radius 2 is 1.82 bits per heavy atom. The van der Waals surface area contributed by atoms with Gasteiger partial charge in [0.25, 0.3) is 5.91 Å². The highest BCUT2D eigenvalue weighted by molar-refractivity contribution is 5.97. The average Bonchev–Trinajstić information content (AvgIpc) is 3.12. The van der Waals surface area contributed by atoms with Crippen LogP contribution in [-0.2, 0) is 0 Å². The second-order valence-electron chi connectivity index (χ2n) is 7.87. The maximum atomic E-state index is 14.7. The molecule has 2 aromatic heterocycles. The van der Waals surface area contributed by atoms with Gasteiger partial charge in [-0.25, -0.2) is 18.2 Å². The molecule has 4 rings (SSSR count). The zero-order valence-electron chi connectivity index (χ0n) is 17.8. The van der Waals surface area contributed by atoms with E-state index in [0.717, 1.165) is 10.8 Å². The predicted octanol–water partition coefficient (Wildman–Crippen LogP) is 1.65. The molecule has 0 saturated carbocycles. The summed E-state index contributed by atoms with van der Waals surface area (Å²) in [6.07, 6.45) is 0.923. The molecule has 3 heterocycles. The van der Waals surface area contributed by atoms with Gasteiger partial charge in [0.1, 0.15) is 22.9 Å². The van der Waals surface area contributed by atoms with Crippen LogP contribution in [0, 0.1) is 17.5 Å². The molecule has 8 nitrogen and oxygen atoms in total. The number of aliphatic hydroxyl groups is 2. The van der Waals surface area contributed by atoms with Gasteiger partial charge in [0.15, 0.2) is 17.3 Å². The first-order valence-electron chi connectivity index (χ1n) is 10.4. The number of halogens is 3. The fraction of sp³-hybridized carbons (Fsp3) is 0.261. The summed E-state index contributed by atoms with van der Waals surface area (Å²) in [6, 6.07) is 3.73. The van der Waals surface area contributed by atoms with E-state index in [1.807, 2.05) is 0 Å². The molecule has 34 heavy (non-hydrogen) atoms. The average molecular weight is 474 g/mol. The number of pyridine rings is 2. The van der Waals surface area contributed by atoms with Crippen molar-refractivity contribution >= 4 is 22.8 Å². The molecule has 3 aromatic rings. The molecule has 1 aliphatic heterocycles. The molecule has 0 unspecified atom stereocenters. The van der Waals surface area contributed by atoms with Gasteiger partial charge in [-0.15, -0.1) is 6.58 Å². The van der Waals surface area contributed by atoms with E-state index in [-0.39, 0.29) is 42.0 Å². The van der Waals surface area contributed by atoms with Gasteiger partial charge in [0.2, 0.25) is 5.43 Å². The maximum absolute atomic E-state index is 14.7. The summed E-state index contributed by atoms with van der Waals surface area (Å²) in [5.41, 5.74) is -2.02. The number of benzene rings is 1. The van der Waals surface area contributed by atoms with Gasteiger partial charge in [-0.2, -0.15) is 0 Å². The molecule has 1 fully saturated rings. The topological polar surface area (TPSA) is 108 Å². The molecule has 1 aliphatic rings. The van der Waals surface area contributed by atoms with Crippen molar-refractivity contribution in [1.29, 1.82) is 0 Å². The lowest BCUT2D eigenvalue weighted by molar-refractivity contribution is 0.0572. The van der Waals surface area contributed by atoms with E-state index in [9.17, 15) is 33.0 Å². The predicted molar refractivity (Wildman–Crippen MR) is 119 cm³/mol. The summed E-state index contributed by atoms with van der Waals surface area (Å²) in [4.78, 5) is 31.6. The van der Waals surface area contributed by atoms with Crippen molar-refractivity contribution in [2.24, 2.45) is 0 Å². The first-order chi connectivity index (χ1) is 16.2. The van der Waals surface area contributed by atoms with Crippen LogP contribution in [0.25, 0.3) is 16.7 Å². The summed E-state index contributed by atoms with van der Waals surface area (Å²) in [5.74, 6) is -4.21. The summed E-state index contributed by atoms with van der Waals surface area (Å²) in [5, 5.41) is 22.1. The van der Waals surface area contributed by atoms with Crippen LogP contribution in [0.1, 0.15) is 16.8 Å². The Morgan fingerprint density at radius 3 is 2.44 bits per heavy atom. The second kappa shape index (κ2) is 9.27. The fourth-order valence-corrected chi connectivity index (χ4v) is 3.81. The van der Waals surface area contributed by atoms with Crippen molar-refractivity contribution in [2.45, 2.75) is 18.6 Å². The lowest BCUT2D eigenvalue weighted by atomic mass is 10.1. The van der Waals surface area contributed by atoms with E-state index < -0.39 is 46.7 Å². The number of β-amino-alcohol motifs (C(OH)–C–C–N with tert-alkyl or cyclic N) is 2. The number of nitrogens with one attached hydrogen (secondary N) is 1. The third-order valence-corrected chi connectivity index (χ3v) is 5.52. The molecule has 0 spiro atoms. The van der Waals surface area contributed by atoms with Gasteiger partial charge in [0.05, 0.1) is 17.6 Å². The lowest BCUT2D eigenvalue weighted by Crippen LogP contribution is -2.31. The zero-order valence-corrected chi connectivity index (χ0v) is 17.8. The second-order valence-corrected chi connectivity index (χ2v) is 7.87. The molecule has 1 amide bonds. The normalized spacial score (nSPS) is 17.9. The number of amides is 1. The quantitative estimate of drug-likeness (QED) is 0.371. The minimum absolute atomic E-state index is 0.0486. The van der Waals surface area contributed by atoms with E-state index in [1.54, 1.807) is 6.08 Å². The number of rotatable bonds is 6. The van der Waals surface area contributed by atoms with Crippen LogP contribution >= 0.6 is 0 Å². The van der Waals surface area contributed by atoms with Crippen molar-refractivity contribution in [2.75, 3.05) is 24.5 Å². The molecule has 178 valence electrons. The number of aromatic nitrogens is 2. The molecule has 1 aromatic carbocycles. The smallest absolute Gasteiger partial charge is 0.256 e. The van der Waals surface area contributed by atoms with Gasteiger partial charge in [-0.3, -0.25) is 14.2 Å². The fourth-order valence-electron chi connectivity index (χ4n) is 3.81. The summed E-state index contributed by atoms with van der Waals surface area (Å²) >= 11 is 0. The maximum Gasteiger partial charge on any atom is 0.256 e. The Labute approximate surface area is 191 Å². The Balaban J connectivity index is 1.94. The van der Waals surface area contributed by atoms with Crippen molar-refractivity contribution in [3.8, 4) is 5.69 Å². The van der Waals surface area contributed by atoms with Crippen LogP contribution in [0.5, 0.6) is 0 Å². The van der Waals surface area contributed by atoms with Gasteiger partial charge in [-0.1, -0.05) is 6.08 Å². The minimum atomic E-state index is -1.26. The van der Waals surface area contributed by atoms with Crippen LogP contribution in [0.2, 0.25) is 0 Å². The lowest BCUT2D eigenvalue weighted by Gasteiger charge is -2.19. The van der Waals surface area contributed by atoms with Gasteiger partial charge in [-0.05, 0) is 18.6 Å². The molecule has 0 radical (unpaired) electrons. The van der Waals surface area contributed by atoms with Gasteiger partial charge >= 0.3 is 0 Å². The Morgan fingerprint density at radius 1 is 1.18 bits per heavy atom. The molecular formula is C23H21F3N4O4. The van der Waals surface area contributed by atoms with Crippen LogP contribution in [0.3, 0.4) is 0 Å². The van der Waals surface area contributed by atoms with Crippen molar-refractivity contribution in [3.63, 3.8) is 0 Å². The molecule has 2 atom stereocenters. The number of anilines is 1. The first-order valence-corrected chi connectivity index (χ1v) is 10.4. The molecular weight excluding hydrogens is 453 g/mol. The van der Waals surface area contributed by atoms with Crippen LogP contribution in [0.15, 0.2) is 47.9 Å².